The van der Waals surface area contributed by atoms with Crippen LogP contribution in [0.4, 0.5) is 0 Å². The fourth-order valence-corrected chi connectivity index (χ4v) is 0.346. The van der Waals surface area contributed by atoms with Crippen molar-refractivity contribution in [2.75, 3.05) is 6.61 Å². The minimum Gasteiger partial charge on any atom is -0.459 e. The van der Waals surface area contributed by atoms with Gasteiger partial charge < -0.3 is 4.74 Å². The summed E-state index contributed by atoms with van der Waals surface area (Å²) in [4.78, 5) is 20.3. The Morgan fingerprint density at radius 1 is 1.60 bits per heavy atom. The average molecular weight is 163 g/mol. The second-order valence-electron chi connectivity index (χ2n) is 1.49. The van der Waals surface area contributed by atoms with Crippen LogP contribution in [0.3, 0.4) is 0 Å². The fraction of sp³-hybridized carbons (Fsp3) is 0.333. The van der Waals surface area contributed by atoms with Crippen molar-refractivity contribution in [3.05, 3.63) is 12.7 Å². The summed E-state index contributed by atoms with van der Waals surface area (Å²) >= 11 is 4.77. The van der Waals surface area contributed by atoms with Crippen LogP contribution in [0.5, 0.6) is 0 Å². The molecule has 4 heteroatoms. The van der Waals surface area contributed by atoms with Crippen molar-refractivity contribution in [1.82, 2.24) is 0 Å². The molecule has 0 fully saturated rings. The molecule has 0 saturated carbocycles. The zero-order valence-electron chi connectivity index (χ0n) is 5.30. The summed E-state index contributed by atoms with van der Waals surface area (Å²) in [6, 6.07) is 0. The second kappa shape index (κ2) is 4.99. The highest BCUT2D eigenvalue weighted by molar-refractivity contribution is 6.80. The Hall–Kier alpha value is -0.830. The van der Waals surface area contributed by atoms with Gasteiger partial charge in [0, 0.05) is 0 Å². The van der Waals surface area contributed by atoms with Gasteiger partial charge in [-0.2, -0.15) is 0 Å². The third-order valence-electron chi connectivity index (χ3n) is 0.716. The summed E-state index contributed by atoms with van der Waals surface area (Å²) in [5.74, 6) is -1.01. The largest absolute Gasteiger partial charge is 0.459 e. The molecule has 0 aromatic heterocycles. The molecule has 0 heterocycles. The lowest BCUT2D eigenvalue weighted by atomic mass is 10.5. The summed E-state index contributed by atoms with van der Waals surface area (Å²) in [7, 11) is 0. The summed E-state index contributed by atoms with van der Waals surface area (Å²) < 4.78 is 4.35. The first-order chi connectivity index (χ1) is 4.68. The predicted molar refractivity (Wildman–Crippen MR) is 36.6 cm³/mol. The molecule has 0 spiro atoms. The smallest absolute Gasteiger partial charge is 0.391 e. The van der Waals surface area contributed by atoms with Crippen molar-refractivity contribution in [2.45, 2.75) is 6.42 Å². The molecule has 10 heavy (non-hydrogen) atoms. The summed E-state index contributed by atoms with van der Waals surface area (Å²) in [6.07, 6.45) is 2.10. The van der Waals surface area contributed by atoms with Gasteiger partial charge in [-0.1, -0.05) is 6.08 Å². The molecule has 0 amide bonds. The van der Waals surface area contributed by atoms with Crippen LogP contribution in [0.15, 0.2) is 12.7 Å². The average Bonchev–Trinajstić information content (AvgIpc) is 1.88. The Kier molecular flexibility index (Phi) is 4.58. The van der Waals surface area contributed by atoms with Gasteiger partial charge in [0.15, 0.2) is 0 Å². The lowest BCUT2D eigenvalue weighted by Crippen LogP contribution is -2.11. The number of carbonyl (C=O) groups is 2. The first-order valence-electron chi connectivity index (χ1n) is 2.66. The van der Waals surface area contributed by atoms with Crippen molar-refractivity contribution in [3.63, 3.8) is 0 Å². The van der Waals surface area contributed by atoms with E-state index in [-0.39, 0.29) is 6.61 Å². The maximum atomic E-state index is 10.3. The van der Waals surface area contributed by atoms with Crippen LogP contribution in [-0.4, -0.2) is 17.8 Å². The predicted octanol–water partition coefficient (Wildman–Crippen LogP) is 0.871. The number of hydrogen-bond donors (Lipinski definition) is 0. The van der Waals surface area contributed by atoms with Crippen LogP contribution in [0.2, 0.25) is 0 Å². The molecule has 0 saturated heterocycles. The van der Waals surface area contributed by atoms with E-state index in [0.717, 1.165) is 0 Å². The Bertz CT molecular complexity index is 153. The normalized spacial score (nSPS) is 8.50. The van der Waals surface area contributed by atoms with E-state index < -0.39 is 11.2 Å². The van der Waals surface area contributed by atoms with Crippen molar-refractivity contribution >= 4 is 22.8 Å². The molecule has 0 radical (unpaired) electrons. The minimum atomic E-state index is -1.09. The Labute approximate surface area is 63.6 Å². The standard InChI is InChI=1S/C6H7ClO3/c1-2-3-4-10-6(9)5(7)8/h2H,1,3-4H2. The number of rotatable bonds is 4. The van der Waals surface area contributed by atoms with Gasteiger partial charge >= 0.3 is 11.2 Å². The van der Waals surface area contributed by atoms with Gasteiger partial charge in [-0.05, 0) is 18.0 Å². The van der Waals surface area contributed by atoms with Gasteiger partial charge in [-0.15, -0.1) is 6.58 Å². The quantitative estimate of drug-likeness (QED) is 0.203. The molecular weight excluding hydrogens is 156 g/mol. The summed E-state index contributed by atoms with van der Waals surface area (Å²) in [5, 5.41) is -1.09. The van der Waals surface area contributed by atoms with E-state index in [1.165, 1.54) is 0 Å². The van der Waals surface area contributed by atoms with Crippen molar-refractivity contribution in [3.8, 4) is 0 Å². The van der Waals surface area contributed by atoms with Crippen LogP contribution in [0, 0.1) is 0 Å². The highest BCUT2D eigenvalue weighted by atomic mass is 35.5. The Balaban J connectivity index is 3.40. The van der Waals surface area contributed by atoms with Gasteiger partial charge in [0.25, 0.3) is 0 Å². The SMILES string of the molecule is C=CCCOC(=O)C(=O)Cl. The number of esters is 1. The maximum Gasteiger partial charge on any atom is 0.391 e. The van der Waals surface area contributed by atoms with E-state index >= 15 is 0 Å². The Morgan fingerprint density at radius 2 is 2.20 bits per heavy atom. The molecule has 56 valence electrons. The third kappa shape index (κ3) is 4.09. The second-order valence-corrected chi connectivity index (χ2v) is 1.83. The zero-order valence-corrected chi connectivity index (χ0v) is 6.06. The summed E-state index contributed by atoms with van der Waals surface area (Å²) in [6.45, 7) is 3.55. The van der Waals surface area contributed by atoms with Gasteiger partial charge in [0.05, 0.1) is 6.61 Å². The lowest BCUT2D eigenvalue weighted by molar-refractivity contribution is -0.150. The molecule has 0 rings (SSSR count). The molecule has 0 aliphatic rings. The number of halogens is 1. The minimum absolute atomic E-state index is 0.154. The van der Waals surface area contributed by atoms with Crippen LogP contribution in [0.1, 0.15) is 6.42 Å². The summed E-state index contributed by atoms with van der Waals surface area (Å²) in [5.41, 5.74) is 0. The highest BCUT2D eigenvalue weighted by Gasteiger charge is 2.09. The first-order valence-corrected chi connectivity index (χ1v) is 3.03. The monoisotopic (exact) mass is 162 g/mol. The lowest BCUT2D eigenvalue weighted by Gasteiger charge is -1.95. The van der Waals surface area contributed by atoms with E-state index in [1.54, 1.807) is 6.08 Å². The van der Waals surface area contributed by atoms with E-state index in [0.29, 0.717) is 6.42 Å². The molecule has 0 bridgehead atoms. The van der Waals surface area contributed by atoms with E-state index in [2.05, 4.69) is 11.3 Å². The van der Waals surface area contributed by atoms with E-state index in [9.17, 15) is 9.59 Å². The molecule has 0 unspecified atom stereocenters. The van der Waals surface area contributed by atoms with Crippen LogP contribution < -0.4 is 0 Å². The van der Waals surface area contributed by atoms with Gasteiger partial charge in [0.1, 0.15) is 0 Å². The molecule has 0 N–H and O–H groups in total. The molecule has 3 nitrogen and oxygen atoms in total. The van der Waals surface area contributed by atoms with Gasteiger partial charge in [-0.3, -0.25) is 4.79 Å². The van der Waals surface area contributed by atoms with E-state index in [1.807, 2.05) is 0 Å². The Morgan fingerprint density at radius 3 is 2.60 bits per heavy atom. The van der Waals surface area contributed by atoms with Gasteiger partial charge in [-0.25, -0.2) is 4.79 Å². The topological polar surface area (TPSA) is 43.4 Å². The molecule has 0 aromatic carbocycles. The van der Waals surface area contributed by atoms with Crippen LogP contribution in [0.25, 0.3) is 0 Å². The van der Waals surface area contributed by atoms with Crippen molar-refractivity contribution in [1.29, 1.82) is 0 Å². The molecule has 0 atom stereocenters. The van der Waals surface area contributed by atoms with Crippen LogP contribution in [-0.2, 0) is 14.3 Å². The molecule has 0 aliphatic carbocycles. The highest BCUT2D eigenvalue weighted by Crippen LogP contribution is 1.88. The van der Waals surface area contributed by atoms with E-state index in [4.69, 9.17) is 11.6 Å². The third-order valence-corrected chi connectivity index (χ3v) is 0.870. The molecular formula is C6H7ClO3. The van der Waals surface area contributed by atoms with Crippen molar-refractivity contribution < 1.29 is 14.3 Å². The van der Waals surface area contributed by atoms with Gasteiger partial charge in [0.2, 0.25) is 0 Å². The van der Waals surface area contributed by atoms with Crippen LogP contribution >= 0.6 is 11.6 Å². The number of carbonyl (C=O) groups excluding carboxylic acids is 2. The van der Waals surface area contributed by atoms with Crippen molar-refractivity contribution in [2.24, 2.45) is 0 Å². The molecule has 0 aliphatic heterocycles. The maximum absolute atomic E-state index is 10.3. The fourth-order valence-electron chi connectivity index (χ4n) is 0.292. The number of ether oxygens (including phenoxy) is 1. The molecule has 0 aromatic rings. The number of hydrogen-bond acceptors (Lipinski definition) is 3. The first kappa shape index (κ1) is 9.17. The zero-order chi connectivity index (χ0) is 7.98.